The molecule has 4 heteroatoms. The maximum absolute atomic E-state index is 13.0. The van der Waals surface area contributed by atoms with Gasteiger partial charge >= 0.3 is 0 Å². The molecule has 3 aromatic rings. The lowest BCUT2D eigenvalue weighted by Crippen LogP contribution is -2.32. The van der Waals surface area contributed by atoms with E-state index < -0.39 is 0 Å². The van der Waals surface area contributed by atoms with Crippen molar-refractivity contribution < 1.29 is 4.79 Å². The summed E-state index contributed by atoms with van der Waals surface area (Å²) >= 11 is 0. The van der Waals surface area contributed by atoms with Crippen LogP contribution in [0.1, 0.15) is 54.7 Å². The van der Waals surface area contributed by atoms with E-state index in [1.54, 1.807) is 4.90 Å². The van der Waals surface area contributed by atoms with Crippen molar-refractivity contribution in [2.75, 3.05) is 6.54 Å². The van der Waals surface area contributed by atoms with Crippen molar-refractivity contribution in [2.24, 2.45) is 0 Å². The first-order valence-electron chi connectivity index (χ1n) is 9.71. The second-order valence-corrected chi connectivity index (χ2v) is 8.36. The molecule has 146 valence electrons. The molecule has 2 aromatic carbocycles. The van der Waals surface area contributed by atoms with Crippen LogP contribution >= 0.6 is 0 Å². The van der Waals surface area contributed by atoms with Gasteiger partial charge in [0.2, 0.25) is 0 Å². The molecule has 0 bridgehead atoms. The summed E-state index contributed by atoms with van der Waals surface area (Å²) in [6, 6.07) is 15.6. The molecule has 0 fully saturated rings. The summed E-state index contributed by atoms with van der Waals surface area (Å²) in [5.41, 5.74) is 4.24. The topological polar surface area (TPSA) is 53.2 Å². The van der Waals surface area contributed by atoms with Gasteiger partial charge in [0.25, 0.3) is 11.5 Å². The highest BCUT2D eigenvalue weighted by Gasteiger charge is 2.18. The largest absolute Gasteiger partial charge is 0.334 e. The van der Waals surface area contributed by atoms with Crippen LogP contribution < -0.4 is 5.56 Å². The quantitative estimate of drug-likeness (QED) is 0.711. The van der Waals surface area contributed by atoms with Crippen LogP contribution in [0, 0.1) is 6.92 Å². The van der Waals surface area contributed by atoms with Gasteiger partial charge in [-0.3, -0.25) is 9.59 Å². The zero-order chi connectivity index (χ0) is 20.5. The zero-order valence-corrected chi connectivity index (χ0v) is 17.3. The molecule has 1 heterocycles. The van der Waals surface area contributed by atoms with Crippen LogP contribution in [-0.4, -0.2) is 22.3 Å². The first-order valence-corrected chi connectivity index (χ1v) is 9.71. The SMILES string of the molecule is CCN(Cc1cc2ccc(C)cc2[nH]c1=O)C(=O)c1ccc(C(C)(C)C)cc1. The van der Waals surface area contributed by atoms with Gasteiger partial charge in [-0.05, 0) is 60.0 Å². The minimum atomic E-state index is -0.146. The molecule has 4 nitrogen and oxygen atoms in total. The fraction of sp³-hybridized carbons (Fsp3) is 0.333. The van der Waals surface area contributed by atoms with Crippen LogP contribution in [0.3, 0.4) is 0 Å². The van der Waals surface area contributed by atoms with E-state index in [0.717, 1.165) is 16.5 Å². The third kappa shape index (κ3) is 4.16. The lowest BCUT2D eigenvalue weighted by molar-refractivity contribution is 0.0752. The molecule has 0 atom stereocenters. The summed E-state index contributed by atoms with van der Waals surface area (Å²) in [6.07, 6.45) is 0. The Morgan fingerprint density at radius 3 is 2.32 bits per heavy atom. The van der Waals surface area contributed by atoms with E-state index in [1.165, 1.54) is 5.56 Å². The third-order valence-corrected chi connectivity index (χ3v) is 5.11. The number of fused-ring (bicyclic) bond motifs is 1. The Bertz CT molecular complexity index is 1060. The first-order chi connectivity index (χ1) is 13.2. The van der Waals surface area contributed by atoms with Gasteiger partial charge in [0.15, 0.2) is 0 Å². The Balaban J connectivity index is 1.86. The molecule has 0 unspecified atom stereocenters. The smallest absolute Gasteiger partial charge is 0.254 e. The highest BCUT2D eigenvalue weighted by molar-refractivity contribution is 5.94. The molecule has 1 N–H and O–H groups in total. The maximum atomic E-state index is 13.0. The number of rotatable bonds is 4. The van der Waals surface area contributed by atoms with Gasteiger partial charge in [-0.25, -0.2) is 0 Å². The minimum absolute atomic E-state index is 0.0444. The summed E-state index contributed by atoms with van der Waals surface area (Å²) in [6.45, 7) is 11.2. The number of hydrogen-bond acceptors (Lipinski definition) is 2. The normalized spacial score (nSPS) is 11.6. The van der Waals surface area contributed by atoms with Gasteiger partial charge in [-0.15, -0.1) is 0 Å². The molecule has 0 saturated heterocycles. The number of carbonyl (C=O) groups excluding carboxylic acids is 1. The average Bonchev–Trinajstić information content (AvgIpc) is 2.65. The Labute approximate surface area is 166 Å². The lowest BCUT2D eigenvalue weighted by Gasteiger charge is -2.22. The monoisotopic (exact) mass is 376 g/mol. The number of benzene rings is 2. The minimum Gasteiger partial charge on any atom is -0.334 e. The number of H-pyrrole nitrogens is 1. The molecule has 28 heavy (non-hydrogen) atoms. The predicted octanol–water partition coefficient (Wildman–Crippen LogP) is 4.80. The van der Waals surface area contributed by atoms with Crippen LogP contribution in [0.4, 0.5) is 0 Å². The molecule has 1 aromatic heterocycles. The number of aromatic nitrogens is 1. The lowest BCUT2D eigenvalue weighted by atomic mass is 9.86. The summed E-state index contributed by atoms with van der Waals surface area (Å²) in [5, 5.41) is 0.971. The number of pyridine rings is 1. The van der Waals surface area contributed by atoms with Crippen LogP contribution in [0.2, 0.25) is 0 Å². The number of amides is 1. The van der Waals surface area contributed by atoms with E-state index in [-0.39, 0.29) is 23.4 Å². The average molecular weight is 377 g/mol. The molecular formula is C24H28N2O2. The van der Waals surface area contributed by atoms with E-state index in [0.29, 0.717) is 17.7 Å². The summed E-state index contributed by atoms with van der Waals surface area (Å²) in [4.78, 5) is 30.1. The molecule has 0 saturated carbocycles. The van der Waals surface area contributed by atoms with Crippen molar-refractivity contribution in [3.63, 3.8) is 0 Å². The maximum Gasteiger partial charge on any atom is 0.254 e. The number of nitrogens with one attached hydrogen (secondary N) is 1. The second-order valence-electron chi connectivity index (χ2n) is 8.36. The van der Waals surface area contributed by atoms with Crippen molar-refractivity contribution in [1.29, 1.82) is 0 Å². The number of nitrogens with zero attached hydrogens (tertiary/aromatic N) is 1. The van der Waals surface area contributed by atoms with Crippen LogP contribution in [-0.2, 0) is 12.0 Å². The Kier molecular flexibility index (Phi) is 5.41. The van der Waals surface area contributed by atoms with E-state index in [9.17, 15) is 9.59 Å². The number of aromatic amines is 1. The number of aryl methyl sites for hydroxylation is 1. The van der Waals surface area contributed by atoms with E-state index in [4.69, 9.17) is 0 Å². The van der Waals surface area contributed by atoms with E-state index in [1.807, 2.05) is 62.4 Å². The van der Waals surface area contributed by atoms with Crippen molar-refractivity contribution in [1.82, 2.24) is 9.88 Å². The highest BCUT2D eigenvalue weighted by Crippen LogP contribution is 2.23. The zero-order valence-electron chi connectivity index (χ0n) is 17.3. The second kappa shape index (κ2) is 7.63. The van der Waals surface area contributed by atoms with Crippen molar-refractivity contribution in [3.8, 4) is 0 Å². The van der Waals surface area contributed by atoms with Gasteiger partial charge in [0, 0.05) is 23.2 Å². The fourth-order valence-electron chi connectivity index (χ4n) is 3.31. The van der Waals surface area contributed by atoms with Crippen LogP contribution in [0.25, 0.3) is 10.9 Å². The molecule has 0 aliphatic heterocycles. The number of hydrogen-bond donors (Lipinski definition) is 1. The molecule has 3 rings (SSSR count). The third-order valence-electron chi connectivity index (χ3n) is 5.11. The molecule has 0 spiro atoms. The fourth-order valence-corrected chi connectivity index (χ4v) is 3.31. The van der Waals surface area contributed by atoms with Crippen LogP contribution in [0.15, 0.2) is 53.3 Å². The van der Waals surface area contributed by atoms with Gasteiger partial charge in [-0.2, -0.15) is 0 Å². The molecular weight excluding hydrogens is 348 g/mol. The van der Waals surface area contributed by atoms with Gasteiger partial charge in [0.1, 0.15) is 0 Å². The standard InChI is InChI=1S/C24H28N2O2/c1-6-26(23(28)17-9-11-20(12-10-17)24(3,4)5)15-19-14-18-8-7-16(2)13-21(18)25-22(19)27/h7-14H,6,15H2,1-5H3,(H,25,27). The predicted molar refractivity (Wildman–Crippen MR) is 115 cm³/mol. The van der Waals surface area contributed by atoms with Crippen LogP contribution in [0.5, 0.6) is 0 Å². The Hall–Kier alpha value is -2.88. The van der Waals surface area contributed by atoms with Crippen molar-refractivity contribution in [2.45, 2.75) is 46.6 Å². The number of carbonyl (C=O) groups is 1. The summed E-state index contributed by atoms with van der Waals surface area (Å²) in [5.74, 6) is -0.0636. The molecule has 0 radical (unpaired) electrons. The van der Waals surface area contributed by atoms with Gasteiger partial charge in [-0.1, -0.05) is 45.0 Å². The van der Waals surface area contributed by atoms with Gasteiger partial charge in [0.05, 0.1) is 6.54 Å². The Morgan fingerprint density at radius 1 is 1.04 bits per heavy atom. The van der Waals surface area contributed by atoms with Crippen molar-refractivity contribution >= 4 is 16.8 Å². The molecule has 0 aliphatic carbocycles. The summed E-state index contributed by atoms with van der Waals surface area (Å²) in [7, 11) is 0. The van der Waals surface area contributed by atoms with Crippen molar-refractivity contribution in [3.05, 3.63) is 81.1 Å². The first kappa shape index (κ1) is 19.9. The highest BCUT2D eigenvalue weighted by atomic mass is 16.2. The van der Waals surface area contributed by atoms with Gasteiger partial charge < -0.3 is 9.88 Å². The van der Waals surface area contributed by atoms with E-state index >= 15 is 0 Å². The summed E-state index contributed by atoms with van der Waals surface area (Å²) < 4.78 is 0. The molecule has 1 amide bonds. The Morgan fingerprint density at radius 2 is 1.71 bits per heavy atom. The van der Waals surface area contributed by atoms with E-state index in [2.05, 4.69) is 25.8 Å². The molecule has 0 aliphatic rings.